The van der Waals surface area contributed by atoms with Gasteiger partial charge in [-0.3, -0.25) is 0 Å². The van der Waals surface area contributed by atoms with Crippen LogP contribution in [0, 0.1) is 11.3 Å². The molecule has 1 unspecified atom stereocenters. The molecule has 0 aromatic carbocycles. The Morgan fingerprint density at radius 2 is 1.83 bits per heavy atom. The van der Waals surface area contributed by atoms with Crippen molar-refractivity contribution < 1.29 is 0 Å². The molecule has 0 amide bonds. The minimum atomic E-state index is -0.330. The summed E-state index contributed by atoms with van der Waals surface area (Å²) in [6, 6.07) is 2.06. The van der Waals surface area contributed by atoms with Gasteiger partial charge >= 0.3 is 0 Å². The summed E-state index contributed by atoms with van der Waals surface area (Å²) in [5.74, 6) is 0. The highest BCUT2D eigenvalue weighted by Crippen LogP contribution is 2.10. The van der Waals surface area contributed by atoms with Crippen LogP contribution in [0.15, 0.2) is 0 Å². The molecule has 0 radical (unpaired) electrons. The van der Waals surface area contributed by atoms with E-state index >= 15 is 0 Å². The zero-order chi connectivity index (χ0) is 8.81. The minimum absolute atomic E-state index is 0.330. The van der Waals surface area contributed by atoms with Crippen LogP contribution in [0.3, 0.4) is 0 Å². The van der Waals surface area contributed by atoms with Gasteiger partial charge in [0.25, 0.3) is 0 Å². The molecule has 1 atom stereocenters. The van der Waals surface area contributed by atoms with Gasteiger partial charge in [-0.05, 0) is 25.9 Å². The molecule has 1 rings (SSSR count). The lowest BCUT2D eigenvalue weighted by Crippen LogP contribution is -2.30. The molecular weight excluding hydrogens is 172 g/mol. The highest BCUT2D eigenvalue weighted by Gasteiger charge is 2.12. The molecule has 68 valence electrons. The summed E-state index contributed by atoms with van der Waals surface area (Å²) in [6.07, 6.45) is 5.18. The number of rotatable bonds is 2. The van der Waals surface area contributed by atoms with Crippen LogP contribution in [0.2, 0.25) is 0 Å². The molecule has 0 aromatic rings. The largest absolute Gasteiger partial charge is 0.301 e. The monoisotopic (exact) mass is 186 g/mol. The molecule has 0 N–H and O–H groups in total. The summed E-state index contributed by atoms with van der Waals surface area (Å²) in [5.41, 5.74) is 0. The Balaban J connectivity index is 2.25. The fourth-order valence-corrected chi connectivity index (χ4v) is 1.78. The van der Waals surface area contributed by atoms with Crippen molar-refractivity contribution in [3.8, 4) is 6.07 Å². The lowest BCUT2D eigenvalue weighted by molar-refractivity contribution is 0.293. The van der Waals surface area contributed by atoms with Crippen LogP contribution >= 0.6 is 11.6 Å². The van der Waals surface area contributed by atoms with Crippen LogP contribution in [0.4, 0.5) is 0 Å². The van der Waals surface area contributed by atoms with Crippen molar-refractivity contribution in [2.75, 3.05) is 19.6 Å². The maximum Gasteiger partial charge on any atom is 0.133 e. The molecule has 1 aliphatic heterocycles. The molecule has 1 saturated heterocycles. The molecule has 1 aliphatic rings. The smallest absolute Gasteiger partial charge is 0.133 e. The first kappa shape index (κ1) is 9.83. The van der Waals surface area contributed by atoms with Crippen molar-refractivity contribution in [2.24, 2.45) is 0 Å². The van der Waals surface area contributed by atoms with Gasteiger partial charge in [0.15, 0.2) is 0 Å². The van der Waals surface area contributed by atoms with Gasteiger partial charge in [-0.25, -0.2) is 0 Å². The van der Waals surface area contributed by atoms with Gasteiger partial charge in [0.2, 0.25) is 0 Å². The summed E-state index contributed by atoms with van der Waals surface area (Å²) in [6.45, 7) is 2.97. The Bertz CT molecular complexity index is 156. The Morgan fingerprint density at radius 3 is 2.33 bits per heavy atom. The van der Waals surface area contributed by atoms with Crippen LogP contribution < -0.4 is 0 Å². The van der Waals surface area contributed by atoms with E-state index in [1.807, 2.05) is 0 Å². The molecule has 1 fully saturated rings. The van der Waals surface area contributed by atoms with E-state index in [1.165, 1.54) is 25.7 Å². The molecule has 0 saturated carbocycles. The van der Waals surface area contributed by atoms with E-state index in [1.54, 1.807) is 0 Å². The summed E-state index contributed by atoms with van der Waals surface area (Å²) < 4.78 is 0. The summed E-state index contributed by atoms with van der Waals surface area (Å²) in [5, 5.41) is 8.20. The topological polar surface area (TPSA) is 27.0 Å². The SMILES string of the molecule is N#CC(Cl)CN1CCCCCC1. The average molecular weight is 187 g/mol. The molecular formula is C9H15ClN2. The van der Waals surface area contributed by atoms with Crippen molar-refractivity contribution in [1.82, 2.24) is 4.90 Å². The summed E-state index contributed by atoms with van der Waals surface area (Å²) in [4.78, 5) is 2.30. The van der Waals surface area contributed by atoms with Crippen LogP contribution in [-0.4, -0.2) is 29.9 Å². The number of hydrogen-bond acceptors (Lipinski definition) is 2. The first-order valence-electron chi connectivity index (χ1n) is 4.59. The maximum atomic E-state index is 8.53. The van der Waals surface area contributed by atoms with E-state index < -0.39 is 0 Å². The molecule has 3 heteroatoms. The zero-order valence-corrected chi connectivity index (χ0v) is 8.06. The normalized spacial score (nSPS) is 22.7. The van der Waals surface area contributed by atoms with Gasteiger partial charge in [-0.15, -0.1) is 11.6 Å². The van der Waals surface area contributed by atoms with E-state index in [9.17, 15) is 0 Å². The number of likely N-dealkylation sites (tertiary alicyclic amines) is 1. The predicted octanol–water partition coefficient (Wildman–Crippen LogP) is 1.99. The van der Waals surface area contributed by atoms with Crippen molar-refractivity contribution in [1.29, 1.82) is 5.26 Å². The predicted molar refractivity (Wildman–Crippen MR) is 50.2 cm³/mol. The van der Waals surface area contributed by atoms with Gasteiger partial charge in [0.05, 0.1) is 6.07 Å². The first-order valence-corrected chi connectivity index (χ1v) is 5.02. The maximum absolute atomic E-state index is 8.53. The fourth-order valence-electron chi connectivity index (χ4n) is 1.59. The lowest BCUT2D eigenvalue weighted by atomic mass is 10.2. The number of alkyl halides is 1. The number of halogens is 1. The highest BCUT2D eigenvalue weighted by molar-refractivity contribution is 6.22. The lowest BCUT2D eigenvalue weighted by Gasteiger charge is -2.19. The summed E-state index contributed by atoms with van der Waals surface area (Å²) in [7, 11) is 0. The third-order valence-electron chi connectivity index (χ3n) is 2.26. The van der Waals surface area contributed by atoms with Gasteiger partial charge in [-0.1, -0.05) is 12.8 Å². The van der Waals surface area contributed by atoms with Gasteiger partial charge in [0.1, 0.15) is 5.38 Å². The molecule has 0 spiro atoms. The molecule has 2 nitrogen and oxygen atoms in total. The third-order valence-corrected chi connectivity index (χ3v) is 2.49. The van der Waals surface area contributed by atoms with E-state index in [2.05, 4.69) is 11.0 Å². The Kier molecular flexibility index (Phi) is 4.42. The molecule has 1 heterocycles. The van der Waals surface area contributed by atoms with E-state index in [4.69, 9.17) is 16.9 Å². The van der Waals surface area contributed by atoms with Crippen LogP contribution in [-0.2, 0) is 0 Å². The number of nitrogens with zero attached hydrogens (tertiary/aromatic N) is 2. The number of hydrogen-bond donors (Lipinski definition) is 0. The second-order valence-electron chi connectivity index (χ2n) is 3.31. The van der Waals surface area contributed by atoms with E-state index in [-0.39, 0.29) is 5.38 Å². The van der Waals surface area contributed by atoms with Gasteiger partial charge in [0, 0.05) is 6.54 Å². The number of nitriles is 1. The van der Waals surface area contributed by atoms with Crippen molar-refractivity contribution in [2.45, 2.75) is 31.1 Å². The first-order chi connectivity index (χ1) is 5.83. The Morgan fingerprint density at radius 1 is 1.25 bits per heavy atom. The van der Waals surface area contributed by atoms with Crippen molar-refractivity contribution >= 4 is 11.6 Å². The van der Waals surface area contributed by atoms with Crippen molar-refractivity contribution in [3.63, 3.8) is 0 Å². The van der Waals surface area contributed by atoms with Crippen LogP contribution in [0.5, 0.6) is 0 Å². The van der Waals surface area contributed by atoms with E-state index in [0.717, 1.165) is 19.6 Å². The second kappa shape index (κ2) is 5.40. The highest BCUT2D eigenvalue weighted by atomic mass is 35.5. The quantitative estimate of drug-likeness (QED) is 0.617. The second-order valence-corrected chi connectivity index (χ2v) is 3.84. The zero-order valence-electron chi connectivity index (χ0n) is 7.30. The molecule has 12 heavy (non-hydrogen) atoms. The summed E-state index contributed by atoms with van der Waals surface area (Å²) >= 11 is 5.75. The van der Waals surface area contributed by atoms with Gasteiger partial charge in [-0.2, -0.15) is 5.26 Å². The van der Waals surface area contributed by atoms with Gasteiger partial charge < -0.3 is 4.90 Å². The third kappa shape index (κ3) is 3.42. The minimum Gasteiger partial charge on any atom is -0.301 e. The van der Waals surface area contributed by atoms with Crippen molar-refractivity contribution in [3.05, 3.63) is 0 Å². The van der Waals surface area contributed by atoms with Crippen LogP contribution in [0.25, 0.3) is 0 Å². The Labute approximate surface area is 79.1 Å². The fraction of sp³-hybridized carbons (Fsp3) is 0.889. The van der Waals surface area contributed by atoms with Crippen LogP contribution in [0.1, 0.15) is 25.7 Å². The standard InChI is InChI=1S/C9H15ClN2/c10-9(7-11)8-12-5-3-1-2-4-6-12/h9H,1-6,8H2. The molecule has 0 aromatic heterocycles. The average Bonchev–Trinajstić information content (AvgIpc) is 2.33. The molecule has 0 bridgehead atoms. The Hall–Kier alpha value is -0.260. The molecule has 0 aliphatic carbocycles. The van der Waals surface area contributed by atoms with E-state index in [0.29, 0.717) is 0 Å².